The van der Waals surface area contributed by atoms with Gasteiger partial charge < -0.3 is 14.8 Å². The number of anilines is 1. The van der Waals surface area contributed by atoms with E-state index in [1.165, 1.54) is 6.20 Å². The van der Waals surface area contributed by atoms with E-state index in [2.05, 4.69) is 25.6 Å². The predicted molar refractivity (Wildman–Crippen MR) is 123 cm³/mol. The van der Waals surface area contributed by atoms with Crippen LogP contribution in [0.25, 0.3) is 22.4 Å². The van der Waals surface area contributed by atoms with E-state index in [9.17, 15) is 4.79 Å². The van der Waals surface area contributed by atoms with Gasteiger partial charge >= 0.3 is 6.03 Å². The van der Waals surface area contributed by atoms with Gasteiger partial charge in [-0.3, -0.25) is 5.32 Å². The van der Waals surface area contributed by atoms with Crippen LogP contribution in [0.3, 0.4) is 0 Å². The Kier molecular flexibility index (Phi) is 6.41. The van der Waals surface area contributed by atoms with Crippen molar-refractivity contribution in [2.24, 2.45) is 0 Å². The monoisotopic (exact) mass is 429 g/mol. The number of ether oxygens (including phenoxy) is 2. The second kappa shape index (κ2) is 9.74. The van der Waals surface area contributed by atoms with Crippen LogP contribution in [0.2, 0.25) is 0 Å². The van der Waals surface area contributed by atoms with Crippen LogP contribution in [0.15, 0.2) is 66.9 Å². The third-order valence-electron chi connectivity index (χ3n) is 4.87. The van der Waals surface area contributed by atoms with Gasteiger partial charge in [0.2, 0.25) is 0 Å². The fourth-order valence-electron chi connectivity index (χ4n) is 3.24. The number of carbonyl (C=O) groups excluding carboxylic acids is 1. The Morgan fingerprint density at radius 3 is 2.53 bits per heavy atom. The number of nitrogens with zero attached hydrogens (tertiary/aromatic N) is 3. The summed E-state index contributed by atoms with van der Waals surface area (Å²) in [6.45, 7) is 0.512. The molecule has 0 aliphatic heterocycles. The third-order valence-corrected chi connectivity index (χ3v) is 4.87. The van der Waals surface area contributed by atoms with Crippen LogP contribution in [-0.2, 0) is 6.42 Å². The molecule has 4 rings (SSSR count). The lowest BCUT2D eigenvalue weighted by molar-refractivity contribution is 0.252. The lowest BCUT2D eigenvalue weighted by Crippen LogP contribution is -2.30. The highest BCUT2D eigenvalue weighted by atomic mass is 16.5. The Labute approximate surface area is 185 Å². The van der Waals surface area contributed by atoms with E-state index < -0.39 is 0 Å². The van der Waals surface area contributed by atoms with Gasteiger partial charge in [-0.05, 0) is 42.3 Å². The largest absolute Gasteiger partial charge is 0.493 e. The standard InChI is InChI=1S/C24H23N5O3/c1-31-20-11-8-17(14-21(20)32-2)18-9-10-19-23(27-18)28-22(15-26-19)29-24(30)25-13-12-16-6-4-3-5-7-16/h3-11,14-15H,12-13H2,1-2H3,(H2,25,27,28,29,30). The first-order chi connectivity index (χ1) is 15.7. The maximum absolute atomic E-state index is 12.2. The second-order valence-corrected chi connectivity index (χ2v) is 6.98. The third kappa shape index (κ3) is 4.92. The van der Waals surface area contributed by atoms with Gasteiger partial charge in [0.05, 0.1) is 26.1 Å². The Hall–Kier alpha value is -4.20. The summed E-state index contributed by atoms with van der Waals surface area (Å²) in [7, 11) is 3.18. The van der Waals surface area contributed by atoms with Gasteiger partial charge in [0, 0.05) is 12.1 Å². The average molecular weight is 429 g/mol. The van der Waals surface area contributed by atoms with Gasteiger partial charge in [-0.2, -0.15) is 0 Å². The Bertz CT molecular complexity index is 1230. The maximum atomic E-state index is 12.2. The molecule has 0 saturated heterocycles. The Morgan fingerprint density at radius 1 is 0.938 bits per heavy atom. The number of amides is 2. The number of nitrogens with one attached hydrogen (secondary N) is 2. The molecule has 0 radical (unpaired) electrons. The quantitative estimate of drug-likeness (QED) is 0.460. The molecule has 0 spiro atoms. The number of benzene rings is 2. The van der Waals surface area contributed by atoms with Crippen LogP contribution in [0.4, 0.5) is 10.6 Å². The lowest BCUT2D eigenvalue weighted by atomic mass is 10.1. The minimum absolute atomic E-state index is 0.326. The molecule has 4 aromatic rings. The van der Waals surface area contributed by atoms with Crippen LogP contribution in [-0.4, -0.2) is 41.7 Å². The van der Waals surface area contributed by atoms with Crippen molar-refractivity contribution in [2.75, 3.05) is 26.1 Å². The van der Waals surface area contributed by atoms with Crippen molar-refractivity contribution >= 4 is 23.0 Å². The SMILES string of the molecule is COc1ccc(-c2ccc3ncc(NC(=O)NCCc4ccccc4)nc3n2)cc1OC. The van der Waals surface area contributed by atoms with Gasteiger partial charge in [0.25, 0.3) is 0 Å². The van der Waals surface area contributed by atoms with Crippen LogP contribution < -0.4 is 20.1 Å². The molecule has 0 saturated carbocycles. The number of pyridine rings is 1. The molecular formula is C24H23N5O3. The van der Waals surface area contributed by atoms with Gasteiger partial charge in [0.15, 0.2) is 23.0 Å². The maximum Gasteiger partial charge on any atom is 0.320 e. The van der Waals surface area contributed by atoms with Crippen molar-refractivity contribution in [3.8, 4) is 22.8 Å². The highest BCUT2D eigenvalue weighted by Gasteiger charge is 2.10. The van der Waals surface area contributed by atoms with Crippen LogP contribution in [0.1, 0.15) is 5.56 Å². The Balaban J connectivity index is 1.47. The molecule has 8 nitrogen and oxygen atoms in total. The molecule has 0 unspecified atom stereocenters. The van der Waals surface area contributed by atoms with Crippen molar-refractivity contribution in [1.82, 2.24) is 20.3 Å². The first-order valence-corrected chi connectivity index (χ1v) is 10.1. The predicted octanol–water partition coefficient (Wildman–Crippen LogP) is 4.07. The molecule has 2 heterocycles. The zero-order chi connectivity index (χ0) is 22.3. The van der Waals surface area contributed by atoms with Crippen molar-refractivity contribution in [1.29, 1.82) is 0 Å². The fourth-order valence-corrected chi connectivity index (χ4v) is 3.24. The highest BCUT2D eigenvalue weighted by Crippen LogP contribution is 2.32. The molecule has 2 aromatic carbocycles. The highest BCUT2D eigenvalue weighted by molar-refractivity contribution is 5.89. The first-order valence-electron chi connectivity index (χ1n) is 10.1. The van der Waals surface area contributed by atoms with Crippen LogP contribution in [0.5, 0.6) is 11.5 Å². The van der Waals surface area contributed by atoms with E-state index in [0.29, 0.717) is 40.7 Å². The van der Waals surface area contributed by atoms with Crippen molar-refractivity contribution in [3.63, 3.8) is 0 Å². The van der Waals surface area contributed by atoms with Crippen molar-refractivity contribution in [3.05, 3.63) is 72.4 Å². The van der Waals surface area contributed by atoms with Gasteiger partial charge in [0.1, 0.15) is 5.52 Å². The number of hydrogen-bond donors (Lipinski definition) is 2. The molecule has 0 atom stereocenters. The summed E-state index contributed by atoms with van der Waals surface area (Å²) < 4.78 is 10.7. The molecular weight excluding hydrogens is 406 g/mol. The summed E-state index contributed by atoms with van der Waals surface area (Å²) in [4.78, 5) is 25.6. The Morgan fingerprint density at radius 2 is 1.75 bits per heavy atom. The molecule has 2 N–H and O–H groups in total. The smallest absolute Gasteiger partial charge is 0.320 e. The average Bonchev–Trinajstić information content (AvgIpc) is 2.83. The normalized spacial score (nSPS) is 10.6. The molecule has 2 aromatic heterocycles. The minimum Gasteiger partial charge on any atom is -0.493 e. The molecule has 162 valence electrons. The van der Waals surface area contributed by atoms with Gasteiger partial charge in [-0.1, -0.05) is 30.3 Å². The zero-order valence-electron chi connectivity index (χ0n) is 17.8. The number of hydrogen-bond acceptors (Lipinski definition) is 6. The summed E-state index contributed by atoms with van der Waals surface area (Å²) in [5.41, 5.74) is 3.77. The molecule has 0 aliphatic carbocycles. The summed E-state index contributed by atoms with van der Waals surface area (Å²) in [5, 5.41) is 5.54. The van der Waals surface area contributed by atoms with E-state index in [1.54, 1.807) is 14.2 Å². The number of rotatable bonds is 7. The molecule has 32 heavy (non-hydrogen) atoms. The summed E-state index contributed by atoms with van der Waals surface area (Å²) in [5.74, 6) is 1.58. The van der Waals surface area contributed by atoms with E-state index in [0.717, 1.165) is 17.5 Å². The van der Waals surface area contributed by atoms with Crippen LogP contribution in [0, 0.1) is 0 Å². The van der Waals surface area contributed by atoms with Crippen molar-refractivity contribution in [2.45, 2.75) is 6.42 Å². The molecule has 2 amide bonds. The molecule has 0 aliphatic rings. The number of methoxy groups -OCH3 is 2. The topological polar surface area (TPSA) is 98.3 Å². The number of fused-ring (bicyclic) bond motifs is 1. The van der Waals surface area contributed by atoms with E-state index in [4.69, 9.17) is 9.47 Å². The van der Waals surface area contributed by atoms with Gasteiger partial charge in [-0.25, -0.2) is 19.7 Å². The minimum atomic E-state index is -0.342. The van der Waals surface area contributed by atoms with E-state index in [1.807, 2.05) is 60.7 Å². The molecule has 8 heteroatoms. The van der Waals surface area contributed by atoms with Crippen molar-refractivity contribution < 1.29 is 14.3 Å². The zero-order valence-corrected chi connectivity index (χ0v) is 17.8. The first kappa shape index (κ1) is 21.0. The number of carbonyl (C=O) groups is 1. The molecule has 0 bridgehead atoms. The second-order valence-electron chi connectivity index (χ2n) is 6.98. The molecule has 0 fully saturated rings. The van der Waals surface area contributed by atoms with Crippen LogP contribution >= 0.6 is 0 Å². The fraction of sp³-hybridized carbons (Fsp3) is 0.167. The van der Waals surface area contributed by atoms with E-state index in [-0.39, 0.29) is 6.03 Å². The number of urea groups is 1. The summed E-state index contributed by atoms with van der Waals surface area (Å²) in [6.07, 6.45) is 2.25. The number of aromatic nitrogens is 3. The summed E-state index contributed by atoms with van der Waals surface area (Å²) >= 11 is 0. The summed E-state index contributed by atoms with van der Waals surface area (Å²) in [6, 6.07) is 18.9. The van der Waals surface area contributed by atoms with E-state index >= 15 is 0 Å². The van der Waals surface area contributed by atoms with Gasteiger partial charge in [-0.15, -0.1) is 0 Å². The lowest BCUT2D eigenvalue weighted by Gasteiger charge is -2.10.